The number of benzene rings is 3. The first-order chi connectivity index (χ1) is 17.0. The van der Waals surface area contributed by atoms with Gasteiger partial charge in [0.2, 0.25) is 5.91 Å². The zero-order valence-electron chi connectivity index (χ0n) is 19.0. The number of hydrogen-bond donors (Lipinski definition) is 0. The molecule has 0 bridgehead atoms. The molecule has 4 aromatic rings. The first-order valence-electron chi connectivity index (χ1n) is 11.1. The van der Waals surface area contributed by atoms with Crippen LogP contribution in [0.1, 0.15) is 22.3 Å². The summed E-state index contributed by atoms with van der Waals surface area (Å²) in [6, 6.07) is 23.5. The quantitative estimate of drug-likeness (QED) is 0.274. The molecule has 0 radical (unpaired) electrons. The second-order valence-electron chi connectivity index (χ2n) is 8.00. The molecule has 0 saturated heterocycles. The number of nitrogens with zero attached hydrogens (tertiary/aromatic N) is 2. The van der Waals surface area contributed by atoms with Crippen molar-refractivity contribution in [3.8, 4) is 5.75 Å². The lowest BCUT2D eigenvalue weighted by atomic mass is 10.1. The molecular weight excluding hydrogens is 446 g/mol. The summed E-state index contributed by atoms with van der Waals surface area (Å²) in [5.41, 5.74) is 3.22. The van der Waals surface area contributed by atoms with Crippen LogP contribution >= 0.6 is 0 Å². The highest BCUT2D eigenvalue weighted by atomic mass is 19.1. The number of carbonyl (C=O) groups excluding carboxylic acids is 1. The number of hydrogen-bond acceptors (Lipinski definition) is 3. The Balaban J connectivity index is 1.44. The van der Waals surface area contributed by atoms with Crippen molar-refractivity contribution in [3.05, 3.63) is 137 Å². The maximum atomic E-state index is 13.5. The van der Waals surface area contributed by atoms with Gasteiger partial charge in [0.15, 0.2) is 0 Å². The summed E-state index contributed by atoms with van der Waals surface area (Å²) in [6.45, 7) is 1.03. The zero-order valence-corrected chi connectivity index (χ0v) is 19.0. The van der Waals surface area contributed by atoms with E-state index in [0.29, 0.717) is 24.4 Å². The molecule has 1 heterocycles. The molecule has 4 nitrogen and oxygen atoms in total. The Morgan fingerprint density at radius 3 is 2.14 bits per heavy atom. The lowest BCUT2D eigenvalue weighted by Gasteiger charge is -2.22. The molecule has 35 heavy (non-hydrogen) atoms. The van der Waals surface area contributed by atoms with E-state index in [1.807, 2.05) is 36.4 Å². The molecule has 0 fully saturated rings. The summed E-state index contributed by atoms with van der Waals surface area (Å²) in [5, 5.41) is 0. The van der Waals surface area contributed by atoms with Crippen LogP contribution in [0.4, 0.5) is 8.78 Å². The third-order valence-electron chi connectivity index (χ3n) is 5.29. The van der Waals surface area contributed by atoms with Gasteiger partial charge in [0.1, 0.15) is 24.0 Å². The van der Waals surface area contributed by atoms with Crippen LogP contribution in [0.15, 0.2) is 103 Å². The van der Waals surface area contributed by atoms with Crippen LogP contribution in [0.2, 0.25) is 0 Å². The van der Waals surface area contributed by atoms with E-state index in [1.54, 1.807) is 47.6 Å². The minimum absolute atomic E-state index is 0.197. The van der Waals surface area contributed by atoms with Gasteiger partial charge >= 0.3 is 0 Å². The average molecular weight is 471 g/mol. The number of rotatable bonds is 9. The van der Waals surface area contributed by atoms with Gasteiger partial charge in [0.05, 0.1) is 0 Å². The van der Waals surface area contributed by atoms with Crippen LogP contribution in [0.3, 0.4) is 0 Å². The summed E-state index contributed by atoms with van der Waals surface area (Å²) in [4.78, 5) is 18.8. The summed E-state index contributed by atoms with van der Waals surface area (Å²) >= 11 is 0. The molecule has 0 spiro atoms. The van der Waals surface area contributed by atoms with Crippen LogP contribution in [-0.4, -0.2) is 15.8 Å². The van der Waals surface area contributed by atoms with E-state index in [2.05, 4.69) is 4.98 Å². The predicted octanol–water partition coefficient (Wildman–Crippen LogP) is 6.18. The highest BCUT2D eigenvalue weighted by Gasteiger charge is 2.13. The van der Waals surface area contributed by atoms with Crippen LogP contribution < -0.4 is 4.74 Å². The van der Waals surface area contributed by atoms with Crippen molar-refractivity contribution in [3.63, 3.8) is 0 Å². The van der Waals surface area contributed by atoms with Crippen molar-refractivity contribution in [1.82, 2.24) is 9.88 Å². The monoisotopic (exact) mass is 470 g/mol. The Morgan fingerprint density at radius 1 is 0.800 bits per heavy atom. The summed E-state index contributed by atoms with van der Waals surface area (Å²) in [7, 11) is 0. The van der Waals surface area contributed by atoms with Gasteiger partial charge in [-0.2, -0.15) is 0 Å². The van der Waals surface area contributed by atoms with Crippen molar-refractivity contribution < 1.29 is 18.3 Å². The molecule has 1 amide bonds. The predicted molar refractivity (Wildman–Crippen MR) is 131 cm³/mol. The molecule has 176 valence electrons. The van der Waals surface area contributed by atoms with E-state index < -0.39 is 0 Å². The normalized spacial score (nSPS) is 10.9. The molecule has 6 heteroatoms. The minimum Gasteiger partial charge on any atom is -0.489 e. The van der Waals surface area contributed by atoms with Crippen LogP contribution in [-0.2, 0) is 24.5 Å². The zero-order chi connectivity index (χ0) is 24.5. The van der Waals surface area contributed by atoms with Crippen molar-refractivity contribution >= 4 is 12.0 Å². The van der Waals surface area contributed by atoms with E-state index >= 15 is 0 Å². The van der Waals surface area contributed by atoms with E-state index in [-0.39, 0.29) is 24.1 Å². The molecular formula is C29H24F2N2O2. The van der Waals surface area contributed by atoms with Gasteiger partial charge in [0.25, 0.3) is 0 Å². The topological polar surface area (TPSA) is 42.4 Å². The number of carbonyl (C=O) groups is 1. The highest BCUT2D eigenvalue weighted by molar-refractivity contribution is 5.91. The third kappa shape index (κ3) is 7.33. The van der Waals surface area contributed by atoms with Crippen molar-refractivity contribution in [2.75, 3.05) is 0 Å². The number of amides is 1. The summed E-state index contributed by atoms with van der Waals surface area (Å²) in [6.07, 6.45) is 6.43. The molecule has 0 atom stereocenters. The summed E-state index contributed by atoms with van der Waals surface area (Å²) in [5.74, 6) is -0.201. The highest BCUT2D eigenvalue weighted by Crippen LogP contribution is 2.18. The number of ether oxygens (including phenoxy) is 1. The Bertz CT molecular complexity index is 1290. The van der Waals surface area contributed by atoms with E-state index in [0.717, 1.165) is 16.7 Å². The number of halogens is 2. The largest absolute Gasteiger partial charge is 0.489 e. The van der Waals surface area contributed by atoms with Crippen molar-refractivity contribution in [2.24, 2.45) is 0 Å². The van der Waals surface area contributed by atoms with Crippen LogP contribution in [0, 0.1) is 11.6 Å². The van der Waals surface area contributed by atoms with Gasteiger partial charge in [-0.15, -0.1) is 0 Å². The number of aromatic nitrogens is 1. The maximum Gasteiger partial charge on any atom is 0.247 e. The fourth-order valence-electron chi connectivity index (χ4n) is 3.51. The van der Waals surface area contributed by atoms with E-state index in [9.17, 15) is 13.6 Å². The lowest BCUT2D eigenvalue weighted by molar-refractivity contribution is -0.127. The molecule has 0 saturated carbocycles. The second-order valence-corrected chi connectivity index (χ2v) is 8.00. The first kappa shape index (κ1) is 23.8. The van der Waals surface area contributed by atoms with Gasteiger partial charge in [-0.1, -0.05) is 36.4 Å². The average Bonchev–Trinajstić information content (AvgIpc) is 2.87. The third-order valence-corrected chi connectivity index (χ3v) is 5.29. The minimum atomic E-state index is -0.354. The molecule has 3 aromatic carbocycles. The molecule has 1 aromatic heterocycles. The Labute approximate surface area is 203 Å². The van der Waals surface area contributed by atoms with Crippen LogP contribution in [0.5, 0.6) is 5.75 Å². The molecule has 0 unspecified atom stereocenters. The Morgan fingerprint density at radius 2 is 1.46 bits per heavy atom. The SMILES string of the molecule is O=C(C=Cc1cccc(F)c1)N(Cc1ccncc1)Cc1ccc(OCc2cccc(F)c2)cc1. The van der Waals surface area contributed by atoms with Gasteiger partial charge < -0.3 is 9.64 Å². The molecule has 4 rings (SSSR count). The second kappa shape index (κ2) is 11.7. The Kier molecular flexibility index (Phi) is 7.96. The van der Waals surface area contributed by atoms with Gasteiger partial charge in [-0.3, -0.25) is 9.78 Å². The summed E-state index contributed by atoms with van der Waals surface area (Å²) < 4.78 is 32.6. The fourth-order valence-corrected chi connectivity index (χ4v) is 3.51. The molecule has 0 N–H and O–H groups in total. The number of pyridine rings is 1. The lowest BCUT2D eigenvalue weighted by Crippen LogP contribution is -2.28. The van der Waals surface area contributed by atoms with Crippen LogP contribution in [0.25, 0.3) is 6.08 Å². The molecule has 0 aliphatic heterocycles. The van der Waals surface area contributed by atoms with Gasteiger partial charge in [0, 0.05) is 31.6 Å². The van der Waals surface area contributed by atoms with Gasteiger partial charge in [-0.05, 0) is 76.9 Å². The van der Waals surface area contributed by atoms with E-state index in [4.69, 9.17) is 4.74 Å². The Hall–Kier alpha value is -4.32. The van der Waals surface area contributed by atoms with E-state index in [1.165, 1.54) is 30.3 Å². The van der Waals surface area contributed by atoms with Crippen molar-refractivity contribution in [1.29, 1.82) is 0 Å². The maximum absolute atomic E-state index is 13.5. The molecule has 0 aliphatic rings. The smallest absolute Gasteiger partial charge is 0.247 e. The standard InChI is InChI=1S/C29H24F2N2O2/c30-26-5-1-3-22(17-26)9-12-29(34)33(20-24-13-15-32-16-14-24)19-23-7-10-28(11-8-23)35-21-25-4-2-6-27(31)18-25/h1-18H,19-21H2. The van der Waals surface area contributed by atoms with Gasteiger partial charge in [-0.25, -0.2) is 8.78 Å². The first-order valence-corrected chi connectivity index (χ1v) is 11.1. The fraction of sp³-hybridized carbons (Fsp3) is 0.103. The molecule has 0 aliphatic carbocycles. The van der Waals surface area contributed by atoms with Crippen molar-refractivity contribution in [2.45, 2.75) is 19.7 Å².